The lowest BCUT2D eigenvalue weighted by Crippen LogP contribution is -2.14. The third-order valence-electron chi connectivity index (χ3n) is 4.51. The number of hydrogen-bond acceptors (Lipinski definition) is 2. The molecule has 1 aromatic carbocycles. The van der Waals surface area contributed by atoms with E-state index in [0.29, 0.717) is 0 Å². The van der Waals surface area contributed by atoms with E-state index in [1.807, 2.05) is 0 Å². The Morgan fingerprint density at radius 3 is 2.08 bits per heavy atom. The predicted molar refractivity (Wildman–Crippen MR) is 76.4 cm³/mol. The first-order chi connectivity index (χ1) is 11.0. The molecule has 0 saturated heterocycles. The van der Waals surface area contributed by atoms with Crippen LogP contribution in [0, 0.1) is 47.4 Å². The maximum absolute atomic E-state index is 13.7. The van der Waals surface area contributed by atoms with E-state index in [2.05, 4.69) is 0 Å². The fraction of sp³-hybridized carbons (Fsp3) is 0.471. The molecule has 2 nitrogen and oxygen atoms in total. The summed E-state index contributed by atoms with van der Waals surface area (Å²) in [6, 6.07) is 0. The minimum atomic E-state index is -1.59. The zero-order valence-electron chi connectivity index (χ0n) is 13.6. The van der Waals surface area contributed by atoms with Crippen LogP contribution < -0.4 is 0 Å². The Hall–Kier alpha value is -1.92. The lowest BCUT2D eigenvalue weighted by Gasteiger charge is -2.10. The average Bonchev–Trinajstić information content (AvgIpc) is 3.02. The van der Waals surface area contributed by atoms with Gasteiger partial charge < -0.3 is 4.74 Å². The number of halogens is 5. The quantitative estimate of drug-likeness (QED) is 0.446. The highest BCUT2D eigenvalue weighted by molar-refractivity contribution is 5.78. The molecule has 0 amide bonds. The molecule has 1 fully saturated rings. The first kappa shape index (κ1) is 18.4. The van der Waals surface area contributed by atoms with Crippen LogP contribution in [-0.4, -0.2) is 5.97 Å². The molecule has 2 rings (SSSR count). The van der Waals surface area contributed by atoms with Crippen LogP contribution in [0.25, 0.3) is 0 Å². The van der Waals surface area contributed by atoms with Crippen molar-refractivity contribution < 1.29 is 31.5 Å². The summed E-state index contributed by atoms with van der Waals surface area (Å²) >= 11 is 0. The first-order valence-corrected chi connectivity index (χ1v) is 7.32. The van der Waals surface area contributed by atoms with Gasteiger partial charge in [-0.05, 0) is 31.3 Å². The molecule has 1 aliphatic carbocycles. The number of hydrogen-bond donors (Lipinski definition) is 0. The van der Waals surface area contributed by atoms with Crippen LogP contribution in [0.1, 0.15) is 31.9 Å². The first-order valence-electron chi connectivity index (χ1n) is 7.32. The number of allylic oxidation sites excluding steroid dienone is 2. The summed E-state index contributed by atoms with van der Waals surface area (Å²) in [7, 11) is 0. The van der Waals surface area contributed by atoms with Crippen LogP contribution in [0.5, 0.6) is 0 Å². The van der Waals surface area contributed by atoms with Crippen molar-refractivity contribution in [1.82, 2.24) is 0 Å². The number of benzene rings is 1. The molecule has 1 aromatic rings. The molecule has 2 atom stereocenters. The molecule has 1 aliphatic rings. The highest BCUT2D eigenvalue weighted by Gasteiger charge is 2.61. The van der Waals surface area contributed by atoms with Crippen molar-refractivity contribution in [3.63, 3.8) is 0 Å². The number of carbonyl (C=O) groups is 1. The van der Waals surface area contributed by atoms with Crippen LogP contribution >= 0.6 is 0 Å². The standard InChI is InChI=1S/C17H17F5O2/c1-7(18)5-10-11(17(10,3)4)16(23)24-6-9-14(21)12(19)8(2)13(20)15(9)22/h5,10-11H,6H2,1-4H3/b7-5+. The Bertz CT molecular complexity index is 691. The van der Waals surface area contributed by atoms with Crippen LogP contribution in [0.4, 0.5) is 22.0 Å². The van der Waals surface area contributed by atoms with Gasteiger partial charge in [-0.3, -0.25) is 4.79 Å². The monoisotopic (exact) mass is 348 g/mol. The zero-order valence-corrected chi connectivity index (χ0v) is 13.6. The number of esters is 1. The van der Waals surface area contributed by atoms with Gasteiger partial charge in [-0.2, -0.15) is 0 Å². The third-order valence-corrected chi connectivity index (χ3v) is 4.51. The van der Waals surface area contributed by atoms with Gasteiger partial charge in [-0.15, -0.1) is 0 Å². The Morgan fingerprint density at radius 1 is 1.12 bits per heavy atom. The largest absolute Gasteiger partial charge is 0.460 e. The Morgan fingerprint density at radius 2 is 1.62 bits per heavy atom. The van der Waals surface area contributed by atoms with Gasteiger partial charge in [0.2, 0.25) is 0 Å². The molecule has 0 N–H and O–H groups in total. The average molecular weight is 348 g/mol. The van der Waals surface area contributed by atoms with Gasteiger partial charge in [-0.1, -0.05) is 13.8 Å². The third kappa shape index (κ3) is 3.03. The SMILES string of the molecule is C/C(F)=C\C1C(C(=O)OCc2c(F)c(F)c(C)c(F)c2F)C1(C)C. The molecule has 7 heteroatoms. The molecule has 1 saturated carbocycles. The van der Waals surface area contributed by atoms with Gasteiger partial charge in [0.05, 0.1) is 17.3 Å². The maximum atomic E-state index is 13.7. The van der Waals surface area contributed by atoms with E-state index in [0.717, 1.165) is 6.92 Å². The highest BCUT2D eigenvalue weighted by atomic mass is 19.2. The van der Waals surface area contributed by atoms with E-state index >= 15 is 0 Å². The second-order valence-corrected chi connectivity index (χ2v) is 6.55. The second-order valence-electron chi connectivity index (χ2n) is 6.55. The van der Waals surface area contributed by atoms with Crippen molar-refractivity contribution in [3.05, 3.63) is 46.3 Å². The second kappa shape index (κ2) is 6.18. The summed E-state index contributed by atoms with van der Waals surface area (Å²) in [6.07, 6.45) is 1.28. The molecule has 0 aromatic heterocycles. The smallest absolute Gasteiger partial charge is 0.310 e. The van der Waals surface area contributed by atoms with Crippen molar-refractivity contribution in [2.75, 3.05) is 0 Å². The normalized spacial score (nSPS) is 22.5. The number of ether oxygens (including phenoxy) is 1. The van der Waals surface area contributed by atoms with Crippen molar-refractivity contribution >= 4 is 5.97 Å². The molecule has 2 unspecified atom stereocenters. The fourth-order valence-corrected chi connectivity index (χ4v) is 2.83. The van der Waals surface area contributed by atoms with Gasteiger partial charge in [0.25, 0.3) is 0 Å². The van der Waals surface area contributed by atoms with Crippen LogP contribution in [0.2, 0.25) is 0 Å². The van der Waals surface area contributed by atoms with Gasteiger partial charge in [0, 0.05) is 5.56 Å². The van der Waals surface area contributed by atoms with E-state index in [1.165, 1.54) is 13.0 Å². The molecule has 0 heterocycles. The molecule has 0 radical (unpaired) electrons. The highest BCUT2D eigenvalue weighted by Crippen LogP contribution is 2.59. The lowest BCUT2D eigenvalue weighted by molar-refractivity contribution is -0.147. The van der Waals surface area contributed by atoms with Gasteiger partial charge >= 0.3 is 5.97 Å². The van der Waals surface area contributed by atoms with E-state index in [9.17, 15) is 26.7 Å². The van der Waals surface area contributed by atoms with Gasteiger partial charge in [-0.25, -0.2) is 22.0 Å². The van der Waals surface area contributed by atoms with Crippen molar-refractivity contribution in [2.24, 2.45) is 17.3 Å². The van der Waals surface area contributed by atoms with Crippen LogP contribution in [-0.2, 0) is 16.1 Å². The molecule has 0 spiro atoms. The van der Waals surface area contributed by atoms with E-state index in [4.69, 9.17) is 4.74 Å². The molecular weight excluding hydrogens is 331 g/mol. The van der Waals surface area contributed by atoms with E-state index in [-0.39, 0.29) is 0 Å². The van der Waals surface area contributed by atoms with Crippen molar-refractivity contribution in [1.29, 1.82) is 0 Å². The fourth-order valence-electron chi connectivity index (χ4n) is 2.83. The summed E-state index contributed by atoms with van der Waals surface area (Å²) in [5.74, 6) is -8.59. The molecular formula is C17H17F5O2. The van der Waals surface area contributed by atoms with Gasteiger partial charge in [0.1, 0.15) is 6.61 Å². The number of carbonyl (C=O) groups excluding carboxylic acids is 1. The Labute approximate surface area is 136 Å². The summed E-state index contributed by atoms with van der Waals surface area (Å²) in [5.41, 5.74) is -2.34. The lowest BCUT2D eigenvalue weighted by atomic mass is 10.1. The van der Waals surface area contributed by atoms with Crippen molar-refractivity contribution in [2.45, 2.75) is 34.3 Å². The molecule has 0 bridgehead atoms. The minimum absolute atomic E-state index is 0.406. The summed E-state index contributed by atoms with van der Waals surface area (Å²) in [6.45, 7) is 4.63. The molecule has 24 heavy (non-hydrogen) atoms. The number of rotatable bonds is 4. The summed E-state index contributed by atoms with van der Waals surface area (Å²) < 4.78 is 72.2. The van der Waals surface area contributed by atoms with Gasteiger partial charge in [0.15, 0.2) is 23.3 Å². The van der Waals surface area contributed by atoms with E-state index in [1.54, 1.807) is 13.8 Å². The Kier molecular flexibility index (Phi) is 4.74. The zero-order chi connectivity index (χ0) is 18.4. The summed E-state index contributed by atoms with van der Waals surface area (Å²) in [5, 5.41) is 0. The maximum Gasteiger partial charge on any atom is 0.310 e. The summed E-state index contributed by atoms with van der Waals surface area (Å²) in [4.78, 5) is 12.0. The van der Waals surface area contributed by atoms with Crippen molar-refractivity contribution in [3.8, 4) is 0 Å². The van der Waals surface area contributed by atoms with Crippen LogP contribution in [0.15, 0.2) is 11.9 Å². The minimum Gasteiger partial charge on any atom is -0.460 e. The molecule has 0 aliphatic heterocycles. The Balaban J connectivity index is 2.16. The van der Waals surface area contributed by atoms with Crippen LogP contribution in [0.3, 0.4) is 0 Å². The topological polar surface area (TPSA) is 26.3 Å². The van der Waals surface area contributed by atoms with E-state index < -0.39 is 70.0 Å². The predicted octanol–water partition coefficient (Wildman–Crippen LogP) is 4.74. The molecule has 132 valence electrons.